The molecule has 1 atom stereocenters. The van der Waals surface area contributed by atoms with Gasteiger partial charge in [0.15, 0.2) is 0 Å². The summed E-state index contributed by atoms with van der Waals surface area (Å²) in [6.07, 6.45) is 5.37. The van der Waals surface area contributed by atoms with Crippen molar-refractivity contribution in [2.45, 2.75) is 39.0 Å². The van der Waals surface area contributed by atoms with E-state index in [1.54, 1.807) is 0 Å². The van der Waals surface area contributed by atoms with Crippen LogP contribution in [0.5, 0.6) is 0 Å². The summed E-state index contributed by atoms with van der Waals surface area (Å²) in [6, 6.07) is 6.04. The minimum atomic E-state index is 0.0414. The van der Waals surface area contributed by atoms with Crippen LogP contribution in [-0.4, -0.2) is 53.7 Å². The van der Waals surface area contributed by atoms with Crippen molar-refractivity contribution in [2.75, 3.05) is 32.8 Å². The predicted octanol–water partition coefficient (Wildman–Crippen LogP) is 3.12. The zero-order valence-corrected chi connectivity index (χ0v) is 16.4. The highest BCUT2D eigenvalue weighted by molar-refractivity contribution is 5.99. The van der Waals surface area contributed by atoms with Crippen LogP contribution in [0.3, 0.4) is 0 Å². The normalized spacial score (nSPS) is 23.7. The molecule has 5 heteroatoms. The number of fused-ring (bicyclic) bond motifs is 1. The van der Waals surface area contributed by atoms with Gasteiger partial charge in [0.2, 0.25) is 0 Å². The Bertz CT molecular complexity index is 820. The number of likely N-dealkylation sites (tertiary alicyclic amines) is 1. The van der Waals surface area contributed by atoms with Crippen LogP contribution in [0.4, 0.5) is 0 Å². The maximum atomic E-state index is 13.2. The van der Waals surface area contributed by atoms with E-state index in [1.165, 1.54) is 10.9 Å². The van der Waals surface area contributed by atoms with Gasteiger partial charge in [-0.15, -0.1) is 0 Å². The van der Waals surface area contributed by atoms with Gasteiger partial charge in [-0.2, -0.15) is 0 Å². The molecule has 2 aliphatic rings. The zero-order valence-electron chi connectivity index (χ0n) is 16.4. The molecule has 0 spiro atoms. The lowest BCUT2D eigenvalue weighted by Gasteiger charge is -2.42. The third-order valence-corrected chi connectivity index (χ3v) is 6.22. The lowest BCUT2D eigenvalue weighted by molar-refractivity contribution is 0.0332. The molecule has 27 heavy (non-hydrogen) atoms. The van der Waals surface area contributed by atoms with Gasteiger partial charge in [-0.05, 0) is 67.4 Å². The van der Waals surface area contributed by atoms with Gasteiger partial charge in [-0.1, -0.05) is 13.8 Å². The van der Waals surface area contributed by atoms with Crippen molar-refractivity contribution < 1.29 is 9.90 Å². The molecule has 1 aromatic heterocycles. The second kappa shape index (κ2) is 7.28. The number of aromatic nitrogens is 1. The van der Waals surface area contributed by atoms with Crippen molar-refractivity contribution in [3.05, 3.63) is 35.5 Å². The van der Waals surface area contributed by atoms with E-state index in [0.29, 0.717) is 12.5 Å². The first-order chi connectivity index (χ1) is 13.0. The molecule has 2 fully saturated rings. The number of aliphatic hydroxyl groups is 1. The Hall–Kier alpha value is -1.85. The second-order valence-electron chi connectivity index (χ2n) is 9.13. The SMILES string of the molecule is CC1(C)CC(CO)CN(C(=O)c2ccc3[nH]cc(C4CCNCC4)c3c2)C1. The molecule has 4 rings (SSSR count). The average molecular weight is 370 g/mol. The summed E-state index contributed by atoms with van der Waals surface area (Å²) in [5.74, 6) is 0.803. The predicted molar refractivity (Wildman–Crippen MR) is 108 cm³/mol. The number of rotatable bonds is 3. The van der Waals surface area contributed by atoms with Crippen molar-refractivity contribution in [1.29, 1.82) is 0 Å². The van der Waals surface area contributed by atoms with Crippen LogP contribution < -0.4 is 5.32 Å². The average Bonchev–Trinajstić information content (AvgIpc) is 3.10. The minimum Gasteiger partial charge on any atom is -0.396 e. The molecule has 146 valence electrons. The standard InChI is InChI=1S/C22H31N3O2/c1-22(2)10-15(13-26)12-25(14-22)21(27)17-3-4-20-18(9-17)19(11-24-20)16-5-7-23-8-6-16/h3-4,9,11,15-16,23-24,26H,5-8,10,12-14H2,1-2H3. The lowest BCUT2D eigenvalue weighted by atomic mass is 9.78. The van der Waals surface area contributed by atoms with E-state index >= 15 is 0 Å². The van der Waals surface area contributed by atoms with Crippen LogP contribution in [0.2, 0.25) is 0 Å². The molecular formula is C22H31N3O2. The first kappa shape index (κ1) is 18.5. The molecule has 5 nitrogen and oxygen atoms in total. The van der Waals surface area contributed by atoms with E-state index < -0.39 is 0 Å². The molecule has 0 bridgehead atoms. The zero-order chi connectivity index (χ0) is 19.0. The molecule has 0 radical (unpaired) electrons. The number of piperidine rings is 2. The van der Waals surface area contributed by atoms with Crippen molar-refractivity contribution in [3.8, 4) is 0 Å². The van der Waals surface area contributed by atoms with Crippen LogP contribution in [0, 0.1) is 11.3 Å². The minimum absolute atomic E-state index is 0.0414. The molecule has 0 aliphatic carbocycles. The number of amides is 1. The summed E-state index contributed by atoms with van der Waals surface area (Å²) in [5.41, 5.74) is 3.24. The highest BCUT2D eigenvalue weighted by atomic mass is 16.3. The van der Waals surface area contributed by atoms with Gasteiger partial charge in [0.25, 0.3) is 5.91 Å². The van der Waals surface area contributed by atoms with Crippen LogP contribution in [0.15, 0.2) is 24.4 Å². The first-order valence-electron chi connectivity index (χ1n) is 10.2. The van der Waals surface area contributed by atoms with E-state index in [0.717, 1.165) is 50.0 Å². The maximum absolute atomic E-state index is 13.2. The van der Waals surface area contributed by atoms with E-state index in [4.69, 9.17) is 0 Å². The van der Waals surface area contributed by atoms with E-state index in [-0.39, 0.29) is 23.8 Å². The van der Waals surface area contributed by atoms with Crippen molar-refractivity contribution >= 4 is 16.8 Å². The fraction of sp³-hybridized carbons (Fsp3) is 0.591. The van der Waals surface area contributed by atoms with Crippen LogP contribution >= 0.6 is 0 Å². The van der Waals surface area contributed by atoms with Crippen molar-refractivity contribution in [2.24, 2.45) is 11.3 Å². The lowest BCUT2D eigenvalue weighted by Crippen LogP contribution is -2.48. The first-order valence-corrected chi connectivity index (χ1v) is 10.2. The third kappa shape index (κ3) is 3.76. The quantitative estimate of drug-likeness (QED) is 0.779. The Morgan fingerprint density at radius 2 is 2.07 bits per heavy atom. The molecule has 1 aromatic carbocycles. The smallest absolute Gasteiger partial charge is 0.253 e. The van der Waals surface area contributed by atoms with E-state index in [2.05, 4.69) is 36.4 Å². The summed E-state index contributed by atoms with van der Waals surface area (Å²) in [7, 11) is 0. The summed E-state index contributed by atoms with van der Waals surface area (Å²) in [5, 5.41) is 14.2. The van der Waals surface area contributed by atoms with E-state index in [1.807, 2.05) is 17.0 Å². The molecule has 3 N–H and O–H groups in total. The Morgan fingerprint density at radius 1 is 1.30 bits per heavy atom. The molecular weight excluding hydrogens is 338 g/mol. The summed E-state index contributed by atoms with van der Waals surface area (Å²) < 4.78 is 0. The molecule has 2 aromatic rings. The molecule has 1 amide bonds. The number of carbonyl (C=O) groups is 1. The number of hydrogen-bond donors (Lipinski definition) is 3. The van der Waals surface area contributed by atoms with Crippen LogP contribution in [0.25, 0.3) is 10.9 Å². The van der Waals surface area contributed by atoms with E-state index in [9.17, 15) is 9.90 Å². The van der Waals surface area contributed by atoms with Gasteiger partial charge >= 0.3 is 0 Å². The second-order valence-corrected chi connectivity index (χ2v) is 9.13. The molecule has 2 aliphatic heterocycles. The highest BCUT2D eigenvalue weighted by Gasteiger charge is 2.35. The number of carbonyl (C=O) groups excluding carboxylic acids is 1. The van der Waals surface area contributed by atoms with Gasteiger partial charge in [0, 0.05) is 48.3 Å². The Morgan fingerprint density at radius 3 is 2.81 bits per heavy atom. The highest BCUT2D eigenvalue weighted by Crippen LogP contribution is 2.34. The number of H-pyrrole nitrogens is 1. The van der Waals surface area contributed by atoms with Crippen LogP contribution in [-0.2, 0) is 0 Å². The molecule has 0 saturated carbocycles. The van der Waals surface area contributed by atoms with Crippen molar-refractivity contribution in [1.82, 2.24) is 15.2 Å². The Balaban J connectivity index is 1.62. The molecule has 1 unspecified atom stereocenters. The fourth-order valence-corrected chi connectivity index (χ4v) is 5.01. The van der Waals surface area contributed by atoms with Gasteiger partial charge < -0.3 is 20.3 Å². The van der Waals surface area contributed by atoms with Gasteiger partial charge in [-0.3, -0.25) is 4.79 Å². The topological polar surface area (TPSA) is 68.4 Å². The maximum Gasteiger partial charge on any atom is 0.253 e. The Kier molecular flexibility index (Phi) is 4.99. The summed E-state index contributed by atoms with van der Waals surface area (Å²) in [6.45, 7) is 8.01. The molecule has 2 saturated heterocycles. The number of nitrogens with zero attached hydrogens (tertiary/aromatic N) is 1. The number of aromatic amines is 1. The number of hydrogen-bond acceptors (Lipinski definition) is 3. The van der Waals surface area contributed by atoms with Gasteiger partial charge in [0.05, 0.1) is 0 Å². The fourth-order valence-electron chi connectivity index (χ4n) is 5.01. The third-order valence-electron chi connectivity index (χ3n) is 6.22. The van der Waals surface area contributed by atoms with Crippen molar-refractivity contribution in [3.63, 3.8) is 0 Å². The number of benzene rings is 1. The number of aliphatic hydroxyl groups excluding tert-OH is 1. The Labute approximate surface area is 161 Å². The number of nitrogens with one attached hydrogen (secondary N) is 2. The van der Waals surface area contributed by atoms with Gasteiger partial charge in [0.1, 0.15) is 0 Å². The largest absolute Gasteiger partial charge is 0.396 e. The molecule has 3 heterocycles. The summed E-state index contributed by atoms with van der Waals surface area (Å²) in [4.78, 5) is 18.5. The summed E-state index contributed by atoms with van der Waals surface area (Å²) >= 11 is 0. The van der Waals surface area contributed by atoms with Crippen LogP contribution in [0.1, 0.15) is 54.9 Å². The van der Waals surface area contributed by atoms with Gasteiger partial charge in [-0.25, -0.2) is 0 Å². The monoisotopic (exact) mass is 369 g/mol.